The quantitative estimate of drug-likeness (QED) is 0.779. The van der Waals surface area contributed by atoms with Crippen molar-refractivity contribution in [2.24, 2.45) is 4.99 Å². The summed E-state index contributed by atoms with van der Waals surface area (Å²) >= 11 is 0. The number of nitrogens with zero attached hydrogens (tertiary/aromatic N) is 1. The first-order chi connectivity index (χ1) is 9.22. The molecule has 0 radical (unpaired) electrons. The minimum atomic E-state index is -0.187. The number of benzene rings is 2. The summed E-state index contributed by atoms with van der Waals surface area (Å²) in [7, 11) is 0. The molecule has 1 aliphatic rings. The van der Waals surface area contributed by atoms with E-state index in [2.05, 4.69) is 4.99 Å². The number of carbonyl (C=O) groups is 2. The number of allylic oxidation sites excluding steroid dienone is 2. The molecule has 2 aromatic rings. The third kappa shape index (κ3) is 2.36. The fourth-order valence-corrected chi connectivity index (χ4v) is 2.07. The second-order valence-corrected chi connectivity index (χ2v) is 4.43. The molecule has 0 spiro atoms. The zero-order valence-corrected chi connectivity index (χ0v) is 10.2. The molecule has 0 aliphatic heterocycles. The first-order valence-electron chi connectivity index (χ1n) is 6.04. The Bertz CT molecular complexity index is 741. The van der Waals surface area contributed by atoms with Gasteiger partial charge in [-0.2, -0.15) is 0 Å². The van der Waals surface area contributed by atoms with Gasteiger partial charge in [-0.05, 0) is 35.1 Å². The molecule has 92 valence electrons. The molecule has 0 saturated carbocycles. The van der Waals surface area contributed by atoms with E-state index in [9.17, 15) is 9.59 Å². The summed E-state index contributed by atoms with van der Waals surface area (Å²) in [6, 6.07) is 13.7. The smallest absolute Gasteiger partial charge is 0.200 e. The van der Waals surface area contributed by atoms with Crippen LogP contribution >= 0.6 is 0 Å². The average molecular weight is 249 g/mol. The van der Waals surface area contributed by atoms with Crippen molar-refractivity contribution in [1.29, 1.82) is 0 Å². The molecule has 0 amide bonds. The van der Waals surface area contributed by atoms with Crippen LogP contribution in [0.5, 0.6) is 0 Å². The van der Waals surface area contributed by atoms with Gasteiger partial charge in [-0.15, -0.1) is 0 Å². The van der Waals surface area contributed by atoms with Gasteiger partial charge in [-0.1, -0.05) is 30.3 Å². The van der Waals surface area contributed by atoms with Crippen LogP contribution in [0, 0.1) is 0 Å². The number of rotatable bonds is 1. The molecule has 1 aliphatic carbocycles. The van der Waals surface area contributed by atoms with Gasteiger partial charge in [0.15, 0.2) is 5.78 Å². The van der Waals surface area contributed by atoms with Gasteiger partial charge in [0.1, 0.15) is 0 Å². The first kappa shape index (κ1) is 11.5. The van der Waals surface area contributed by atoms with E-state index < -0.39 is 0 Å². The van der Waals surface area contributed by atoms with Crippen molar-refractivity contribution in [3.05, 3.63) is 54.6 Å². The molecule has 0 atom stereocenters. The highest BCUT2D eigenvalue weighted by Gasteiger charge is 2.17. The lowest BCUT2D eigenvalue weighted by Gasteiger charge is -2.06. The van der Waals surface area contributed by atoms with Crippen LogP contribution in [0.2, 0.25) is 0 Å². The van der Waals surface area contributed by atoms with Crippen molar-refractivity contribution in [3.63, 3.8) is 0 Å². The van der Waals surface area contributed by atoms with E-state index >= 15 is 0 Å². The maximum Gasteiger partial charge on any atom is 0.200 e. The summed E-state index contributed by atoms with van der Waals surface area (Å²) in [5.74, 6) is -0.271. The van der Waals surface area contributed by atoms with Crippen molar-refractivity contribution >= 4 is 33.7 Å². The number of aliphatic imine (C=N–C) groups is 1. The normalized spacial score (nSPS) is 17.4. The Balaban J connectivity index is 2.03. The fourth-order valence-electron chi connectivity index (χ4n) is 2.07. The van der Waals surface area contributed by atoms with Crippen molar-refractivity contribution in [1.82, 2.24) is 0 Å². The number of carbonyl (C=O) groups excluding carboxylic acids is 2. The first-order valence-corrected chi connectivity index (χ1v) is 6.04. The zero-order valence-electron chi connectivity index (χ0n) is 10.2. The highest BCUT2D eigenvalue weighted by Crippen LogP contribution is 2.22. The van der Waals surface area contributed by atoms with Crippen LogP contribution in [-0.4, -0.2) is 17.3 Å². The zero-order chi connectivity index (χ0) is 13.2. The molecule has 0 N–H and O–H groups in total. The van der Waals surface area contributed by atoms with Crippen LogP contribution < -0.4 is 0 Å². The molecule has 3 rings (SSSR count). The van der Waals surface area contributed by atoms with E-state index in [1.165, 1.54) is 12.2 Å². The summed E-state index contributed by atoms with van der Waals surface area (Å²) < 4.78 is 0. The summed E-state index contributed by atoms with van der Waals surface area (Å²) in [5, 5.41) is 2.19. The van der Waals surface area contributed by atoms with E-state index in [1.54, 1.807) is 0 Å². The summed E-state index contributed by atoms with van der Waals surface area (Å²) in [6.45, 7) is 0. The molecule has 0 unspecified atom stereocenters. The minimum absolute atomic E-state index is 0.0841. The van der Waals surface area contributed by atoms with Crippen molar-refractivity contribution < 1.29 is 9.59 Å². The number of hydrogen-bond acceptors (Lipinski definition) is 3. The van der Waals surface area contributed by atoms with Gasteiger partial charge >= 0.3 is 0 Å². The van der Waals surface area contributed by atoms with Crippen LogP contribution in [0.1, 0.15) is 6.42 Å². The molecule has 0 aromatic heterocycles. The molecule has 0 heterocycles. The van der Waals surface area contributed by atoms with Gasteiger partial charge in [0.05, 0.1) is 17.8 Å². The van der Waals surface area contributed by atoms with E-state index in [4.69, 9.17) is 0 Å². The predicted molar refractivity (Wildman–Crippen MR) is 74.8 cm³/mol. The molecule has 2 aromatic carbocycles. The van der Waals surface area contributed by atoms with Crippen molar-refractivity contribution in [2.45, 2.75) is 6.42 Å². The van der Waals surface area contributed by atoms with Gasteiger partial charge in [-0.3, -0.25) is 9.59 Å². The highest BCUT2D eigenvalue weighted by molar-refractivity contribution is 6.49. The van der Waals surface area contributed by atoms with Crippen LogP contribution in [0.25, 0.3) is 10.8 Å². The molecular formula is C16H11NO2. The molecule has 0 saturated heterocycles. The summed E-state index contributed by atoms with van der Waals surface area (Å²) in [5.41, 5.74) is 1.01. The second-order valence-electron chi connectivity index (χ2n) is 4.43. The van der Waals surface area contributed by atoms with Gasteiger partial charge in [0.2, 0.25) is 5.78 Å². The monoisotopic (exact) mass is 249 g/mol. The largest absolute Gasteiger partial charge is 0.294 e. The lowest BCUT2D eigenvalue weighted by Crippen LogP contribution is -2.19. The Labute approximate surface area is 110 Å². The van der Waals surface area contributed by atoms with Crippen LogP contribution in [-0.2, 0) is 9.59 Å². The van der Waals surface area contributed by atoms with Gasteiger partial charge in [0, 0.05) is 0 Å². The van der Waals surface area contributed by atoms with Crippen LogP contribution in [0.4, 0.5) is 5.69 Å². The van der Waals surface area contributed by atoms with Gasteiger partial charge in [-0.25, -0.2) is 4.99 Å². The Kier molecular flexibility index (Phi) is 2.80. The van der Waals surface area contributed by atoms with E-state index in [0.29, 0.717) is 11.4 Å². The lowest BCUT2D eigenvalue weighted by atomic mass is 10.0. The molecule has 0 fully saturated rings. The van der Waals surface area contributed by atoms with Gasteiger partial charge < -0.3 is 0 Å². The molecule has 3 nitrogen and oxygen atoms in total. The summed E-state index contributed by atoms with van der Waals surface area (Å²) in [6.07, 6.45) is 2.68. The van der Waals surface area contributed by atoms with Gasteiger partial charge in [0.25, 0.3) is 0 Å². The minimum Gasteiger partial charge on any atom is -0.294 e. The number of fused-ring (bicyclic) bond motifs is 1. The molecular weight excluding hydrogens is 238 g/mol. The van der Waals surface area contributed by atoms with E-state index in [0.717, 1.165) is 10.8 Å². The molecule has 0 bridgehead atoms. The van der Waals surface area contributed by atoms with Crippen molar-refractivity contribution in [3.8, 4) is 0 Å². The predicted octanol–water partition coefficient (Wildman–Crippen LogP) is 3.01. The van der Waals surface area contributed by atoms with Crippen molar-refractivity contribution in [2.75, 3.05) is 0 Å². The number of ketones is 2. The number of hydrogen-bond donors (Lipinski definition) is 0. The maximum atomic E-state index is 11.6. The molecule has 3 heteroatoms. The third-order valence-corrected chi connectivity index (χ3v) is 3.04. The Morgan fingerprint density at radius 3 is 2.53 bits per heavy atom. The third-order valence-electron chi connectivity index (χ3n) is 3.04. The van der Waals surface area contributed by atoms with E-state index in [1.807, 2.05) is 42.5 Å². The van der Waals surface area contributed by atoms with E-state index in [-0.39, 0.29) is 18.0 Å². The average Bonchev–Trinajstić information content (AvgIpc) is 2.43. The van der Waals surface area contributed by atoms with Crippen LogP contribution in [0.3, 0.4) is 0 Å². The van der Waals surface area contributed by atoms with Crippen LogP contribution in [0.15, 0.2) is 59.6 Å². The SMILES string of the molecule is O=C1C=CC(=O)C(=Nc2ccc3ccccc3c2)C1. The Morgan fingerprint density at radius 1 is 0.895 bits per heavy atom. The Morgan fingerprint density at radius 2 is 1.68 bits per heavy atom. The summed E-state index contributed by atoms with van der Waals surface area (Å²) in [4.78, 5) is 27.2. The fraction of sp³-hybridized carbons (Fsp3) is 0.0625. The second kappa shape index (κ2) is 4.61. The molecule has 19 heavy (non-hydrogen) atoms. The standard InChI is InChI=1S/C16H11NO2/c18-14-7-8-16(19)15(10-14)17-13-6-5-11-3-1-2-4-12(11)9-13/h1-9H,10H2. The Hall–Kier alpha value is -2.55. The topological polar surface area (TPSA) is 46.5 Å². The highest BCUT2D eigenvalue weighted by atomic mass is 16.1. The maximum absolute atomic E-state index is 11.6. The lowest BCUT2D eigenvalue weighted by molar-refractivity contribution is -0.116.